The summed E-state index contributed by atoms with van der Waals surface area (Å²) in [5, 5.41) is 13.4. The molecule has 3 rings (SSSR count). The molecular weight excluding hydrogens is 340 g/mol. The Morgan fingerprint density at radius 2 is 1.77 bits per heavy atom. The minimum Gasteiger partial charge on any atom is -0.489 e. The van der Waals surface area contributed by atoms with Crippen LogP contribution in [0.4, 0.5) is 0 Å². The summed E-state index contributed by atoms with van der Waals surface area (Å²) < 4.78 is 6.00. The Kier molecular flexibility index (Phi) is 5.90. The highest BCUT2D eigenvalue weighted by molar-refractivity contribution is 7.98. The van der Waals surface area contributed by atoms with Gasteiger partial charge < -0.3 is 9.84 Å². The highest BCUT2D eigenvalue weighted by atomic mass is 32.2. The summed E-state index contributed by atoms with van der Waals surface area (Å²) in [4.78, 5) is 0. The number of thioether (sulfide) groups is 1. The zero-order chi connectivity index (χ0) is 18.6. The Hall–Kier alpha value is -1.97. The Labute approximate surface area is 160 Å². The van der Waals surface area contributed by atoms with Crippen molar-refractivity contribution in [3.8, 4) is 5.75 Å². The van der Waals surface area contributed by atoms with Gasteiger partial charge in [0.1, 0.15) is 12.4 Å². The van der Waals surface area contributed by atoms with Crippen LogP contribution in [0.25, 0.3) is 10.8 Å². The Morgan fingerprint density at radius 1 is 1.00 bits per heavy atom. The average Bonchev–Trinajstić information content (AvgIpc) is 2.66. The summed E-state index contributed by atoms with van der Waals surface area (Å²) in [7, 11) is 0. The van der Waals surface area contributed by atoms with E-state index in [2.05, 4.69) is 43.5 Å². The largest absolute Gasteiger partial charge is 0.489 e. The number of hydrogen-bond donors (Lipinski definition) is 1. The van der Waals surface area contributed by atoms with Crippen molar-refractivity contribution in [1.82, 2.24) is 0 Å². The van der Waals surface area contributed by atoms with E-state index in [1.807, 2.05) is 43.3 Å². The highest BCUT2D eigenvalue weighted by Gasteiger charge is 2.30. The molecule has 0 aromatic heterocycles. The van der Waals surface area contributed by atoms with E-state index in [1.54, 1.807) is 11.8 Å². The summed E-state index contributed by atoms with van der Waals surface area (Å²) >= 11 is 1.75. The number of rotatable bonds is 7. The third-order valence-corrected chi connectivity index (χ3v) is 5.85. The van der Waals surface area contributed by atoms with Crippen LogP contribution >= 0.6 is 11.8 Å². The topological polar surface area (TPSA) is 29.5 Å². The van der Waals surface area contributed by atoms with Gasteiger partial charge in [-0.25, -0.2) is 0 Å². The first-order valence-corrected chi connectivity index (χ1v) is 10.3. The first kappa shape index (κ1) is 18.8. The molecule has 0 spiro atoms. The molecule has 0 saturated carbocycles. The van der Waals surface area contributed by atoms with E-state index in [0.717, 1.165) is 22.6 Å². The quantitative estimate of drug-likeness (QED) is 0.588. The maximum absolute atomic E-state index is 10.9. The van der Waals surface area contributed by atoms with Crippen molar-refractivity contribution in [2.24, 2.45) is 5.92 Å². The normalized spacial score (nSPS) is 14.8. The minimum atomic E-state index is -0.870. The van der Waals surface area contributed by atoms with E-state index in [-0.39, 0.29) is 5.92 Å². The fraction of sp³-hybridized carbons (Fsp3) is 0.304. The maximum Gasteiger partial charge on any atom is 0.120 e. The smallest absolute Gasteiger partial charge is 0.120 e. The SMILES string of the molecule is CSCC(C)C(C)(O)c1cccc(OCc2ccc3ccccc3c2)c1. The molecule has 0 aliphatic rings. The van der Waals surface area contributed by atoms with Gasteiger partial charge in [-0.1, -0.05) is 55.5 Å². The van der Waals surface area contributed by atoms with Gasteiger partial charge in [-0.05, 0) is 64.9 Å². The van der Waals surface area contributed by atoms with Crippen molar-refractivity contribution < 1.29 is 9.84 Å². The number of fused-ring (bicyclic) bond motifs is 1. The van der Waals surface area contributed by atoms with Crippen LogP contribution in [0.2, 0.25) is 0 Å². The molecule has 0 fully saturated rings. The second-order valence-electron chi connectivity index (χ2n) is 7.00. The molecular formula is C23H26O2S. The summed E-state index contributed by atoms with van der Waals surface area (Å²) in [5.41, 5.74) is 1.16. The molecule has 0 amide bonds. The number of benzene rings is 3. The van der Waals surface area contributed by atoms with Crippen molar-refractivity contribution in [3.05, 3.63) is 77.9 Å². The van der Waals surface area contributed by atoms with Crippen molar-refractivity contribution in [1.29, 1.82) is 0 Å². The molecule has 136 valence electrons. The molecule has 2 atom stereocenters. The lowest BCUT2D eigenvalue weighted by Gasteiger charge is -2.30. The minimum absolute atomic E-state index is 0.160. The van der Waals surface area contributed by atoms with E-state index in [0.29, 0.717) is 6.61 Å². The van der Waals surface area contributed by atoms with E-state index in [4.69, 9.17) is 4.74 Å². The molecule has 2 nitrogen and oxygen atoms in total. The molecule has 0 heterocycles. The number of ether oxygens (including phenoxy) is 1. The summed E-state index contributed by atoms with van der Waals surface area (Å²) in [6.45, 7) is 4.48. The van der Waals surface area contributed by atoms with Gasteiger partial charge in [0.25, 0.3) is 0 Å². The van der Waals surface area contributed by atoms with Gasteiger partial charge in [-0.15, -0.1) is 0 Å². The van der Waals surface area contributed by atoms with Gasteiger partial charge >= 0.3 is 0 Å². The van der Waals surface area contributed by atoms with Crippen LogP contribution in [0, 0.1) is 5.92 Å². The fourth-order valence-corrected chi connectivity index (χ4v) is 3.92. The molecule has 0 bridgehead atoms. The Balaban J connectivity index is 1.74. The van der Waals surface area contributed by atoms with E-state index >= 15 is 0 Å². The third-order valence-electron chi connectivity index (χ3n) is 5.01. The number of hydrogen-bond acceptors (Lipinski definition) is 3. The lowest BCUT2D eigenvalue weighted by Crippen LogP contribution is -2.31. The summed E-state index contributed by atoms with van der Waals surface area (Å²) in [6.07, 6.45) is 2.07. The van der Waals surface area contributed by atoms with Crippen LogP contribution in [-0.2, 0) is 12.2 Å². The van der Waals surface area contributed by atoms with Crippen LogP contribution in [0.15, 0.2) is 66.7 Å². The monoisotopic (exact) mass is 366 g/mol. The summed E-state index contributed by atoms with van der Waals surface area (Å²) in [6, 6.07) is 22.5. The summed E-state index contributed by atoms with van der Waals surface area (Å²) in [5.74, 6) is 1.86. The lowest BCUT2D eigenvalue weighted by molar-refractivity contribution is 0.0108. The van der Waals surface area contributed by atoms with Crippen LogP contribution in [0.1, 0.15) is 25.0 Å². The van der Waals surface area contributed by atoms with Crippen LogP contribution in [0.3, 0.4) is 0 Å². The van der Waals surface area contributed by atoms with Crippen molar-refractivity contribution in [3.63, 3.8) is 0 Å². The van der Waals surface area contributed by atoms with Gasteiger partial charge in [0.2, 0.25) is 0 Å². The predicted molar refractivity (Wildman–Crippen MR) is 112 cm³/mol. The molecule has 0 aliphatic heterocycles. The van der Waals surface area contributed by atoms with Gasteiger partial charge in [-0.2, -0.15) is 11.8 Å². The molecule has 0 radical (unpaired) electrons. The Morgan fingerprint density at radius 3 is 2.54 bits per heavy atom. The second-order valence-corrected chi connectivity index (χ2v) is 7.91. The standard InChI is InChI=1S/C23H26O2S/c1-17(16-26-3)23(2,24)21-9-6-10-22(14-21)25-15-18-11-12-19-7-4-5-8-20(19)13-18/h4-14,17,24H,15-16H2,1-3H3. The van der Waals surface area contributed by atoms with Crippen molar-refractivity contribution in [2.45, 2.75) is 26.1 Å². The van der Waals surface area contributed by atoms with Crippen molar-refractivity contribution >= 4 is 22.5 Å². The van der Waals surface area contributed by atoms with Gasteiger partial charge in [-0.3, -0.25) is 0 Å². The second kappa shape index (κ2) is 8.15. The van der Waals surface area contributed by atoms with E-state index in [1.165, 1.54) is 10.8 Å². The van der Waals surface area contributed by atoms with Crippen LogP contribution in [-0.4, -0.2) is 17.1 Å². The van der Waals surface area contributed by atoms with Crippen LogP contribution < -0.4 is 4.74 Å². The molecule has 0 saturated heterocycles. The third kappa shape index (κ3) is 4.22. The number of aliphatic hydroxyl groups is 1. The molecule has 1 N–H and O–H groups in total. The van der Waals surface area contributed by atoms with E-state index in [9.17, 15) is 5.11 Å². The van der Waals surface area contributed by atoms with Crippen molar-refractivity contribution in [2.75, 3.05) is 12.0 Å². The highest BCUT2D eigenvalue weighted by Crippen LogP contribution is 2.33. The zero-order valence-corrected chi connectivity index (χ0v) is 16.4. The molecule has 0 aliphatic carbocycles. The molecule has 3 heteroatoms. The van der Waals surface area contributed by atoms with Gasteiger partial charge in [0, 0.05) is 0 Å². The zero-order valence-electron chi connectivity index (χ0n) is 15.6. The fourth-order valence-electron chi connectivity index (χ4n) is 3.09. The molecule has 26 heavy (non-hydrogen) atoms. The van der Waals surface area contributed by atoms with E-state index < -0.39 is 5.60 Å². The molecule has 3 aromatic rings. The maximum atomic E-state index is 10.9. The molecule has 2 unspecified atom stereocenters. The Bertz CT molecular complexity index is 873. The molecule has 3 aromatic carbocycles. The first-order valence-electron chi connectivity index (χ1n) is 8.93. The van der Waals surface area contributed by atoms with Gasteiger partial charge in [0.15, 0.2) is 0 Å². The first-order chi connectivity index (χ1) is 12.5. The van der Waals surface area contributed by atoms with Crippen LogP contribution in [0.5, 0.6) is 5.75 Å². The van der Waals surface area contributed by atoms with Gasteiger partial charge in [0.05, 0.1) is 5.60 Å². The average molecular weight is 367 g/mol. The predicted octanol–water partition coefficient (Wildman–Crippen LogP) is 5.63. The lowest BCUT2D eigenvalue weighted by atomic mass is 9.85.